The van der Waals surface area contributed by atoms with E-state index in [1.807, 2.05) is 32.1 Å². The Balaban J connectivity index is 2.08. The zero-order valence-electron chi connectivity index (χ0n) is 15.5. The summed E-state index contributed by atoms with van der Waals surface area (Å²) in [6, 6.07) is 11.5. The molecular weight excluding hydrogens is 354 g/mol. The minimum Gasteiger partial charge on any atom is -0.484 e. The summed E-state index contributed by atoms with van der Waals surface area (Å²) in [5.74, 6) is 0.233. The topological polar surface area (TPSA) is 140 Å². The zero-order valence-corrected chi connectivity index (χ0v) is 15.5. The van der Waals surface area contributed by atoms with Gasteiger partial charge in [0.2, 0.25) is 0 Å². The number of amides is 1. The number of anilines is 1. The van der Waals surface area contributed by atoms with Crippen LogP contribution in [0.5, 0.6) is 5.75 Å². The van der Waals surface area contributed by atoms with Crippen molar-refractivity contribution in [3.8, 4) is 17.9 Å². The summed E-state index contributed by atoms with van der Waals surface area (Å²) in [5.41, 5.74) is 16.6. The SMILES string of the molecule is CC1=C(C#N)c2[nH+]c(N)c(C#N)c(C)c2C1=Cc1ccc(OCC(N)=O)cc1. The van der Waals surface area contributed by atoms with Gasteiger partial charge in [-0.3, -0.25) is 10.5 Å². The van der Waals surface area contributed by atoms with Crippen LogP contribution in [0.1, 0.15) is 34.9 Å². The Morgan fingerprint density at radius 1 is 1.21 bits per heavy atom. The Hall–Kier alpha value is -4.10. The van der Waals surface area contributed by atoms with Crippen LogP contribution in [0.2, 0.25) is 0 Å². The molecule has 0 saturated carbocycles. The molecule has 1 aromatic carbocycles. The number of aromatic amines is 1. The Labute approximate surface area is 162 Å². The van der Waals surface area contributed by atoms with Crippen molar-refractivity contribution in [1.82, 2.24) is 0 Å². The molecule has 2 aromatic rings. The summed E-state index contributed by atoms with van der Waals surface area (Å²) in [7, 11) is 0. The number of nitrogens with zero attached hydrogens (tertiary/aromatic N) is 2. The molecule has 1 heterocycles. The number of ether oxygens (including phenoxy) is 1. The monoisotopic (exact) mass is 372 g/mol. The molecule has 1 amide bonds. The average Bonchev–Trinajstić information content (AvgIpc) is 2.92. The van der Waals surface area contributed by atoms with Crippen molar-refractivity contribution in [2.75, 3.05) is 12.3 Å². The molecule has 0 radical (unpaired) electrons. The van der Waals surface area contributed by atoms with Crippen molar-refractivity contribution in [3.63, 3.8) is 0 Å². The average molecular weight is 372 g/mol. The molecule has 138 valence electrons. The highest BCUT2D eigenvalue weighted by Gasteiger charge is 2.32. The number of hydrogen-bond donors (Lipinski definition) is 2. The number of fused-ring (bicyclic) bond motifs is 1. The fourth-order valence-corrected chi connectivity index (χ4v) is 3.25. The maximum atomic E-state index is 10.8. The number of hydrogen-bond acceptors (Lipinski definition) is 5. The fraction of sp³-hybridized carbons (Fsp3) is 0.143. The van der Waals surface area contributed by atoms with Crippen molar-refractivity contribution in [3.05, 3.63) is 57.8 Å². The largest absolute Gasteiger partial charge is 0.484 e. The van der Waals surface area contributed by atoms with Gasteiger partial charge in [-0.05, 0) is 54.3 Å². The molecule has 0 bridgehead atoms. The molecule has 3 rings (SSSR count). The molecular formula is C21H18N5O2+. The number of nitrogens with one attached hydrogen (secondary N) is 1. The summed E-state index contributed by atoms with van der Waals surface area (Å²) in [4.78, 5) is 13.8. The van der Waals surface area contributed by atoms with Crippen LogP contribution in [0, 0.1) is 29.6 Å². The van der Waals surface area contributed by atoms with Crippen LogP contribution in [-0.4, -0.2) is 12.5 Å². The van der Waals surface area contributed by atoms with E-state index in [4.69, 9.17) is 16.2 Å². The van der Waals surface area contributed by atoms with E-state index < -0.39 is 5.91 Å². The molecule has 7 nitrogen and oxygen atoms in total. The summed E-state index contributed by atoms with van der Waals surface area (Å²) in [6.45, 7) is 3.50. The fourth-order valence-electron chi connectivity index (χ4n) is 3.25. The molecule has 0 saturated heterocycles. The van der Waals surface area contributed by atoms with Crippen LogP contribution in [0.25, 0.3) is 17.2 Å². The van der Waals surface area contributed by atoms with Crippen LogP contribution in [0.3, 0.4) is 0 Å². The number of carbonyl (C=O) groups is 1. The molecule has 7 heteroatoms. The van der Waals surface area contributed by atoms with Gasteiger partial charge in [0.15, 0.2) is 12.3 Å². The third-order valence-corrected chi connectivity index (χ3v) is 4.62. The van der Waals surface area contributed by atoms with Crippen LogP contribution >= 0.6 is 0 Å². The lowest BCUT2D eigenvalue weighted by molar-refractivity contribution is -0.364. The third-order valence-electron chi connectivity index (χ3n) is 4.62. The molecule has 0 spiro atoms. The predicted octanol–water partition coefficient (Wildman–Crippen LogP) is 1.98. The third kappa shape index (κ3) is 3.17. The van der Waals surface area contributed by atoms with Crippen molar-refractivity contribution >= 4 is 28.9 Å². The maximum absolute atomic E-state index is 10.8. The molecule has 0 aliphatic heterocycles. The lowest BCUT2D eigenvalue weighted by atomic mass is 9.95. The zero-order chi connectivity index (χ0) is 20.4. The number of nitrogen functional groups attached to an aromatic ring is 1. The number of rotatable bonds is 4. The molecule has 0 fully saturated rings. The van der Waals surface area contributed by atoms with E-state index in [2.05, 4.69) is 17.1 Å². The summed E-state index contributed by atoms with van der Waals surface area (Å²) in [6.07, 6.45) is 1.94. The Kier molecular flexibility index (Phi) is 4.84. The second-order valence-corrected chi connectivity index (χ2v) is 6.39. The minimum absolute atomic E-state index is 0.186. The standard InChI is InChI=1S/C21H17N5O2/c1-11-15(7-13-3-5-14(6-4-13)28-10-18(24)27)19-12(2)17(9-23)21(25)26-20(19)16(11)8-22/h3-7H,10H2,1-2H3,(H2,24,27)(H2,25,26)/p+1. The number of pyridine rings is 1. The lowest BCUT2D eigenvalue weighted by Gasteiger charge is -2.09. The second-order valence-electron chi connectivity index (χ2n) is 6.39. The minimum atomic E-state index is -0.544. The highest BCUT2D eigenvalue weighted by molar-refractivity contribution is 6.07. The number of nitrogens with two attached hydrogens (primary N) is 2. The highest BCUT2D eigenvalue weighted by Crippen LogP contribution is 2.42. The molecule has 0 atom stereocenters. The molecule has 1 aromatic heterocycles. The van der Waals surface area contributed by atoms with E-state index in [-0.39, 0.29) is 12.4 Å². The van der Waals surface area contributed by atoms with Crippen LogP contribution in [-0.2, 0) is 4.79 Å². The number of H-pyrrole nitrogens is 1. The van der Waals surface area contributed by atoms with Gasteiger partial charge in [-0.1, -0.05) is 12.1 Å². The number of allylic oxidation sites excluding steroid dienone is 3. The van der Waals surface area contributed by atoms with Gasteiger partial charge >= 0.3 is 0 Å². The summed E-state index contributed by atoms with van der Waals surface area (Å²) >= 11 is 0. The van der Waals surface area contributed by atoms with Gasteiger partial charge in [-0.2, -0.15) is 10.5 Å². The van der Waals surface area contributed by atoms with E-state index in [0.717, 1.165) is 27.8 Å². The van der Waals surface area contributed by atoms with Crippen molar-refractivity contribution in [2.45, 2.75) is 13.8 Å². The van der Waals surface area contributed by atoms with Crippen LogP contribution in [0.15, 0.2) is 29.8 Å². The normalized spacial score (nSPS) is 13.8. The lowest BCUT2D eigenvalue weighted by Crippen LogP contribution is -2.20. The first kappa shape index (κ1) is 18.7. The number of nitriles is 2. The van der Waals surface area contributed by atoms with E-state index in [9.17, 15) is 15.3 Å². The molecule has 1 aliphatic carbocycles. The van der Waals surface area contributed by atoms with E-state index in [1.165, 1.54) is 0 Å². The molecule has 1 aliphatic rings. The molecule has 28 heavy (non-hydrogen) atoms. The maximum Gasteiger partial charge on any atom is 0.289 e. The van der Waals surface area contributed by atoms with Crippen LogP contribution in [0.4, 0.5) is 5.82 Å². The van der Waals surface area contributed by atoms with Gasteiger partial charge in [-0.25, -0.2) is 4.98 Å². The smallest absolute Gasteiger partial charge is 0.289 e. The predicted molar refractivity (Wildman–Crippen MR) is 104 cm³/mol. The molecule has 0 unspecified atom stereocenters. The van der Waals surface area contributed by atoms with Crippen LogP contribution < -0.4 is 21.2 Å². The Morgan fingerprint density at radius 2 is 1.89 bits per heavy atom. The first-order valence-corrected chi connectivity index (χ1v) is 8.47. The van der Waals surface area contributed by atoms with Gasteiger partial charge < -0.3 is 10.5 Å². The number of carbonyl (C=O) groups excluding carboxylic acids is 1. The second kappa shape index (κ2) is 7.26. The highest BCUT2D eigenvalue weighted by atomic mass is 16.5. The number of primary amides is 1. The van der Waals surface area contributed by atoms with E-state index in [0.29, 0.717) is 22.6 Å². The molecule has 5 N–H and O–H groups in total. The van der Waals surface area contributed by atoms with Gasteiger partial charge in [0.25, 0.3) is 11.7 Å². The summed E-state index contributed by atoms with van der Waals surface area (Å²) in [5, 5.41) is 19.0. The number of benzene rings is 1. The number of aromatic nitrogens is 1. The van der Waals surface area contributed by atoms with Crippen molar-refractivity contribution in [2.24, 2.45) is 5.73 Å². The van der Waals surface area contributed by atoms with E-state index in [1.54, 1.807) is 12.1 Å². The quantitative estimate of drug-likeness (QED) is 0.844. The first-order valence-electron chi connectivity index (χ1n) is 8.47. The Bertz CT molecular complexity index is 1130. The Morgan fingerprint density at radius 3 is 2.46 bits per heavy atom. The summed E-state index contributed by atoms with van der Waals surface area (Å²) < 4.78 is 5.26. The van der Waals surface area contributed by atoms with E-state index >= 15 is 0 Å². The van der Waals surface area contributed by atoms with Gasteiger partial charge in [0.05, 0.1) is 0 Å². The van der Waals surface area contributed by atoms with Gasteiger partial charge in [0.1, 0.15) is 29.0 Å². The van der Waals surface area contributed by atoms with Gasteiger partial charge in [-0.15, -0.1) is 0 Å². The van der Waals surface area contributed by atoms with Crippen molar-refractivity contribution < 1.29 is 14.5 Å². The van der Waals surface area contributed by atoms with Crippen molar-refractivity contribution in [1.29, 1.82) is 10.5 Å². The van der Waals surface area contributed by atoms with Gasteiger partial charge in [0, 0.05) is 5.56 Å². The first-order chi connectivity index (χ1) is 13.4.